The van der Waals surface area contributed by atoms with Gasteiger partial charge in [0.15, 0.2) is 0 Å². The van der Waals surface area contributed by atoms with Gasteiger partial charge in [0.1, 0.15) is 0 Å². The molecule has 0 saturated carbocycles. The number of carbonyl (C=O) groups excluding carboxylic acids is 2. The summed E-state index contributed by atoms with van der Waals surface area (Å²) in [5.74, 6) is 1.26. The molecule has 96 valence electrons. The number of benzene rings is 1. The fourth-order valence-electron chi connectivity index (χ4n) is 1.77. The summed E-state index contributed by atoms with van der Waals surface area (Å²) in [6.07, 6.45) is 0. The summed E-state index contributed by atoms with van der Waals surface area (Å²) in [5, 5.41) is 0. The Morgan fingerprint density at radius 1 is 1.22 bits per heavy atom. The van der Waals surface area contributed by atoms with E-state index in [9.17, 15) is 9.59 Å². The molecule has 1 unspecified atom stereocenters. The van der Waals surface area contributed by atoms with Gasteiger partial charge in [-0.2, -0.15) is 0 Å². The van der Waals surface area contributed by atoms with Crippen molar-refractivity contribution in [2.45, 2.75) is 6.92 Å². The fraction of sp³-hybridized carbons (Fsp3) is 0.385. The zero-order valence-electron chi connectivity index (χ0n) is 10.3. The van der Waals surface area contributed by atoms with Crippen molar-refractivity contribution in [1.29, 1.82) is 0 Å². The highest BCUT2D eigenvalue weighted by atomic mass is 32.2. The van der Waals surface area contributed by atoms with Crippen molar-refractivity contribution in [2.24, 2.45) is 11.7 Å². The lowest BCUT2D eigenvalue weighted by Crippen LogP contribution is -2.29. The topological polar surface area (TPSA) is 63.4 Å². The molecule has 0 saturated heterocycles. The minimum Gasteiger partial charge on any atom is -0.330 e. The Labute approximate surface area is 111 Å². The van der Waals surface area contributed by atoms with Crippen molar-refractivity contribution < 1.29 is 9.59 Å². The molecular formula is C13H16N2O2S. The van der Waals surface area contributed by atoms with Crippen molar-refractivity contribution in [3.05, 3.63) is 35.4 Å². The molecule has 0 bridgehead atoms. The third kappa shape index (κ3) is 2.42. The van der Waals surface area contributed by atoms with Gasteiger partial charge in [-0.3, -0.25) is 14.5 Å². The van der Waals surface area contributed by atoms with Crippen LogP contribution in [0.25, 0.3) is 0 Å². The molecule has 1 aromatic carbocycles. The van der Waals surface area contributed by atoms with E-state index in [4.69, 9.17) is 5.73 Å². The van der Waals surface area contributed by atoms with E-state index >= 15 is 0 Å². The average Bonchev–Trinajstić information content (AvgIpc) is 2.64. The Bertz CT molecular complexity index is 441. The van der Waals surface area contributed by atoms with Crippen LogP contribution < -0.4 is 5.73 Å². The Hall–Kier alpha value is -1.33. The summed E-state index contributed by atoms with van der Waals surface area (Å²) in [6.45, 7) is 2.67. The van der Waals surface area contributed by atoms with Gasteiger partial charge in [0.25, 0.3) is 11.8 Å². The van der Waals surface area contributed by atoms with Gasteiger partial charge >= 0.3 is 0 Å². The number of hydrogen-bond donors (Lipinski definition) is 1. The molecule has 1 atom stereocenters. The van der Waals surface area contributed by atoms with E-state index < -0.39 is 0 Å². The van der Waals surface area contributed by atoms with Crippen molar-refractivity contribution in [1.82, 2.24) is 4.90 Å². The Kier molecular flexibility index (Phi) is 4.04. The molecule has 0 spiro atoms. The van der Waals surface area contributed by atoms with Crippen LogP contribution in [0.3, 0.4) is 0 Å². The van der Waals surface area contributed by atoms with Crippen LogP contribution >= 0.6 is 11.8 Å². The third-order valence-electron chi connectivity index (χ3n) is 2.90. The molecule has 18 heavy (non-hydrogen) atoms. The second-order valence-corrected chi connectivity index (χ2v) is 5.42. The van der Waals surface area contributed by atoms with E-state index in [-0.39, 0.29) is 11.8 Å². The second-order valence-electron chi connectivity index (χ2n) is 4.42. The molecule has 4 nitrogen and oxygen atoms in total. The largest absolute Gasteiger partial charge is 0.330 e. The van der Waals surface area contributed by atoms with E-state index in [1.54, 1.807) is 36.0 Å². The molecule has 0 aliphatic carbocycles. The lowest BCUT2D eigenvalue weighted by molar-refractivity contribution is 0.0684. The van der Waals surface area contributed by atoms with Crippen LogP contribution in [0.5, 0.6) is 0 Å². The smallest absolute Gasteiger partial charge is 0.262 e. The van der Waals surface area contributed by atoms with Crippen LogP contribution in [0.15, 0.2) is 24.3 Å². The zero-order valence-corrected chi connectivity index (χ0v) is 11.1. The van der Waals surface area contributed by atoms with Gasteiger partial charge in [-0.15, -0.1) is 11.8 Å². The Morgan fingerprint density at radius 2 is 1.78 bits per heavy atom. The summed E-state index contributed by atoms with van der Waals surface area (Å²) < 4.78 is 0. The average molecular weight is 264 g/mol. The molecule has 1 heterocycles. The van der Waals surface area contributed by atoms with Gasteiger partial charge in [-0.05, 0) is 30.3 Å². The van der Waals surface area contributed by atoms with Crippen molar-refractivity contribution in [3.8, 4) is 0 Å². The number of fused-ring (bicyclic) bond motifs is 1. The fourth-order valence-corrected chi connectivity index (χ4v) is 2.83. The number of hydrogen-bond acceptors (Lipinski definition) is 4. The standard InChI is InChI=1S/C13H16N2O2S/c1-9(6-14)7-18-8-15-12(16)10-4-2-3-5-11(10)13(15)17/h2-5,9H,6-8,14H2,1H3. The molecule has 0 fully saturated rings. The predicted molar refractivity (Wildman–Crippen MR) is 72.5 cm³/mol. The second kappa shape index (κ2) is 5.54. The quantitative estimate of drug-likeness (QED) is 0.820. The van der Waals surface area contributed by atoms with Gasteiger partial charge < -0.3 is 5.73 Å². The minimum absolute atomic E-state index is 0.191. The number of thioether (sulfide) groups is 1. The number of amides is 2. The molecule has 0 aromatic heterocycles. The van der Waals surface area contributed by atoms with Gasteiger partial charge in [0.2, 0.25) is 0 Å². The number of rotatable bonds is 5. The van der Waals surface area contributed by atoms with Crippen LogP contribution in [0.4, 0.5) is 0 Å². The number of carbonyl (C=O) groups is 2. The minimum atomic E-state index is -0.191. The molecule has 1 aliphatic heterocycles. The summed E-state index contributed by atoms with van der Waals surface area (Å²) in [7, 11) is 0. The maximum atomic E-state index is 12.0. The Morgan fingerprint density at radius 3 is 2.28 bits per heavy atom. The van der Waals surface area contributed by atoms with Gasteiger partial charge in [-0.25, -0.2) is 0 Å². The normalized spacial score (nSPS) is 16.0. The predicted octanol–water partition coefficient (Wildman–Crippen LogP) is 1.57. The molecule has 2 N–H and O–H groups in total. The molecule has 1 aromatic rings. The first-order valence-electron chi connectivity index (χ1n) is 5.88. The first-order chi connectivity index (χ1) is 8.65. The van der Waals surface area contributed by atoms with Gasteiger partial charge in [0.05, 0.1) is 17.0 Å². The van der Waals surface area contributed by atoms with E-state index in [0.717, 1.165) is 5.75 Å². The van der Waals surface area contributed by atoms with E-state index in [0.29, 0.717) is 29.5 Å². The van der Waals surface area contributed by atoms with Crippen LogP contribution in [0.1, 0.15) is 27.6 Å². The third-order valence-corrected chi connectivity index (χ3v) is 4.15. The Balaban J connectivity index is 2.01. The van der Waals surface area contributed by atoms with Crippen molar-refractivity contribution in [3.63, 3.8) is 0 Å². The summed E-state index contributed by atoms with van der Waals surface area (Å²) in [4.78, 5) is 25.3. The van der Waals surface area contributed by atoms with Gasteiger partial charge in [-0.1, -0.05) is 19.1 Å². The molecule has 0 radical (unpaired) electrons. The van der Waals surface area contributed by atoms with E-state index in [1.165, 1.54) is 4.90 Å². The number of imide groups is 1. The highest BCUT2D eigenvalue weighted by Crippen LogP contribution is 2.24. The van der Waals surface area contributed by atoms with Crippen LogP contribution in [-0.2, 0) is 0 Å². The van der Waals surface area contributed by atoms with Crippen molar-refractivity contribution >= 4 is 23.6 Å². The molecule has 2 amide bonds. The summed E-state index contributed by atoms with van der Waals surface area (Å²) in [6, 6.07) is 6.94. The van der Waals surface area contributed by atoms with Crippen LogP contribution in [0, 0.1) is 5.92 Å². The lowest BCUT2D eigenvalue weighted by Gasteiger charge is -2.14. The highest BCUT2D eigenvalue weighted by Gasteiger charge is 2.34. The molecule has 5 heteroatoms. The molecule has 2 rings (SSSR count). The first kappa shape index (κ1) is 13.1. The van der Waals surface area contributed by atoms with E-state index in [1.807, 2.05) is 0 Å². The number of nitrogens with zero attached hydrogens (tertiary/aromatic N) is 1. The number of nitrogens with two attached hydrogens (primary N) is 1. The van der Waals surface area contributed by atoms with E-state index in [2.05, 4.69) is 6.92 Å². The van der Waals surface area contributed by atoms with Crippen molar-refractivity contribution in [2.75, 3.05) is 18.2 Å². The SMILES string of the molecule is CC(CN)CSCN1C(=O)c2ccccc2C1=O. The lowest BCUT2D eigenvalue weighted by atomic mass is 10.1. The van der Waals surface area contributed by atoms with Crippen LogP contribution in [0.2, 0.25) is 0 Å². The molecule has 1 aliphatic rings. The summed E-state index contributed by atoms with van der Waals surface area (Å²) >= 11 is 1.57. The zero-order chi connectivity index (χ0) is 13.1. The van der Waals surface area contributed by atoms with Crippen LogP contribution in [-0.4, -0.2) is 34.9 Å². The maximum absolute atomic E-state index is 12.0. The monoisotopic (exact) mass is 264 g/mol. The maximum Gasteiger partial charge on any atom is 0.262 e. The van der Waals surface area contributed by atoms with Gasteiger partial charge in [0, 0.05) is 0 Å². The summed E-state index contributed by atoms with van der Waals surface area (Å²) in [5.41, 5.74) is 6.55. The highest BCUT2D eigenvalue weighted by molar-refractivity contribution is 7.99. The molecular weight excluding hydrogens is 248 g/mol. The first-order valence-corrected chi connectivity index (χ1v) is 7.03.